The molecule has 1 amide bonds. The average molecular weight is 1130 g/mol. The Bertz CT molecular complexity index is 1250. The summed E-state index contributed by atoms with van der Waals surface area (Å²) in [6, 6.07) is -0.537. The van der Waals surface area contributed by atoms with Gasteiger partial charge in [-0.3, -0.25) is 9.59 Å². The normalized spacial score (nSPS) is 12.6. The molecule has 0 rings (SSSR count). The molecule has 0 aliphatic rings. The minimum atomic E-state index is -0.660. The van der Waals surface area contributed by atoms with Crippen molar-refractivity contribution in [2.45, 2.75) is 424 Å². The zero-order chi connectivity index (χ0) is 57.8. The zero-order valence-corrected chi connectivity index (χ0v) is 54.3. The number of nitrogens with one attached hydrogen (secondary N) is 1. The molecule has 0 radical (unpaired) electrons. The van der Waals surface area contributed by atoms with Gasteiger partial charge in [-0.05, 0) is 77.0 Å². The summed E-state index contributed by atoms with van der Waals surface area (Å²) in [7, 11) is 0. The van der Waals surface area contributed by atoms with Gasteiger partial charge in [-0.1, -0.05) is 346 Å². The van der Waals surface area contributed by atoms with E-state index in [1.165, 1.54) is 334 Å². The third-order valence-corrected chi connectivity index (χ3v) is 17.2. The molecule has 0 aliphatic heterocycles. The maximum atomic E-state index is 12.5. The molecule has 0 fully saturated rings. The molecule has 0 saturated heterocycles. The van der Waals surface area contributed by atoms with Gasteiger partial charge in [0.15, 0.2) is 0 Å². The predicted molar refractivity (Wildman–Crippen MR) is 352 cm³/mol. The summed E-state index contributed by atoms with van der Waals surface area (Å²) in [4.78, 5) is 24.5. The lowest BCUT2D eigenvalue weighted by Crippen LogP contribution is -2.45. The first kappa shape index (κ1) is 78.3. The molecule has 0 bridgehead atoms. The van der Waals surface area contributed by atoms with Crippen LogP contribution in [-0.4, -0.2) is 47.4 Å². The molecular weight excluding hydrogens is 983 g/mol. The van der Waals surface area contributed by atoms with E-state index in [1.54, 1.807) is 0 Å². The number of unbranched alkanes of at least 4 members (excludes halogenated alkanes) is 54. The van der Waals surface area contributed by atoms with Crippen LogP contribution in [0.4, 0.5) is 0 Å². The summed E-state index contributed by atoms with van der Waals surface area (Å²) in [5, 5.41) is 23.3. The molecule has 3 N–H and O–H groups in total. The molecule has 0 spiro atoms. The van der Waals surface area contributed by atoms with Crippen LogP contribution in [-0.2, 0) is 14.3 Å². The van der Waals surface area contributed by atoms with Crippen LogP contribution in [0.3, 0.4) is 0 Å². The lowest BCUT2D eigenvalue weighted by molar-refractivity contribution is -0.143. The van der Waals surface area contributed by atoms with Crippen LogP contribution in [0.2, 0.25) is 0 Å². The van der Waals surface area contributed by atoms with Crippen molar-refractivity contribution in [3.05, 3.63) is 24.3 Å². The van der Waals surface area contributed by atoms with Gasteiger partial charge < -0.3 is 20.3 Å². The predicted octanol–water partition coefficient (Wildman–Crippen LogP) is 23.7. The van der Waals surface area contributed by atoms with E-state index in [-0.39, 0.29) is 18.5 Å². The highest BCUT2D eigenvalue weighted by molar-refractivity contribution is 5.76. The Balaban J connectivity index is 3.31. The van der Waals surface area contributed by atoms with Crippen molar-refractivity contribution in [3.63, 3.8) is 0 Å². The minimum absolute atomic E-state index is 0.0134. The fraction of sp³-hybridized carbons (Fsp3) is 0.919. The number of rotatable bonds is 69. The Morgan fingerprint density at radius 3 is 0.887 bits per heavy atom. The molecule has 0 heterocycles. The van der Waals surface area contributed by atoms with Gasteiger partial charge in [-0.2, -0.15) is 0 Å². The summed E-state index contributed by atoms with van der Waals surface area (Å²) < 4.78 is 5.49. The number of ether oxygens (including phenoxy) is 1. The number of carbonyl (C=O) groups excluding carboxylic acids is 2. The summed E-state index contributed by atoms with van der Waals surface area (Å²) in [5.74, 6) is -0.0159. The quantitative estimate of drug-likeness (QED) is 0.0320. The molecule has 80 heavy (non-hydrogen) atoms. The summed E-state index contributed by atoms with van der Waals surface area (Å²) in [6.07, 6.45) is 88.3. The molecule has 6 heteroatoms. The third kappa shape index (κ3) is 65.5. The zero-order valence-electron chi connectivity index (χ0n) is 54.3. The average Bonchev–Trinajstić information content (AvgIpc) is 3.46. The fourth-order valence-electron chi connectivity index (χ4n) is 11.6. The molecule has 0 aromatic rings. The van der Waals surface area contributed by atoms with E-state index in [9.17, 15) is 19.8 Å². The number of hydrogen-bond acceptors (Lipinski definition) is 5. The highest BCUT2D eigenvalue weighted by Gasteiger charge is 2.20. The largest absolute Gasteiger partial charge is 0.466 e. The third-order valence-electron chi connectivity index (χ3n) is 17.2. The van der Waals surface area contributed by atoms with Crippen molar-refractivity contribution in [2.75, 3.05) is 13.2 Å². The van der Waals surface area contributed by atoms with Crippen molar-refractivity contribution in [1.29, 1.82) is 0 Å². The Morgan fingerprint density at radius 2 is 0.588 bits per heavy atom. The topological polar surface area (TPSA) is 95.9 Å². The van der Waals surface area contributed by atoms with Gasteiger partial charge in [0, 0.05) is 12.8 Å². The molecule has 6 nitrogen and oxygen atoms in total. The van der Waals surface area contributed by atoms with E-state index < -0.39 is 12.1 Å². The van der Waals surface area contributed by atoms with Crippen LogP contribution in [0.5, 0.6) is 0 Å². The number of allylic oxidation sites excluding steroid dienone is 4. The minimum Gasteiger partial charge on any atom is -0.466 e. The molecule has 2 unspecified atom stereocenters. The monoisotopic (exact) mass is 1130 g/mol. The second kappa shape index (κ2) is 69.8. The molecule has 0 saturated carbocycles. The van der Waals surface area contributed by atoms with Crippen molar-refractivity contribution >= 4 is 11.9 Å². The highest BCUT2D eigenvalue weighted by atomic mass is 16.5. The van der Waals surface area contributed by atoms with E-state index in [1.807, 2.05) is 0 Å². The van der Waals surface area contributed by atoms with Crippen LogP contribution in [0, 0.1) is 0 Å². The van der Waals surface area contributed by atoms with E-state index in [0.29, 0.717) is 25.9 Å². The molecular formula is C74H143NO5. The van der Waals surface area contributed by atoms with Crippen molar-refractivity contribution in [1.82, 2.24) is 5.32 Å². The van der Waals surface area contributed by atoms with Crippen LogP contribution in [0.1, 0.15) is 412 Å². The number of aliphatic hydroxyl groups excluding tert-OH is 2. The molecule has 0 aromatic carbocycles. The van der Waals surface area contributed by atoms with Crippen LogP contribution < -0.4 is 5.32 Å². The van der Waals surface area contributed by atoms with Crippen LogP contribution >= 0.6 is 0 Å². The Hall–Kier alpha value is -1.66. The van der Waals surface area contributed by atoms with Crippen molar-refractivity contribution in [3.8, 4) is 0 Å². The van der Waals surface area contributed by atoms with E-state index in [4.69, 9.17) is 4.74 Å². The van der Waals surface area contributed by atoms with Crippen molar-refractivity contribution < 1.29 is 24.5 Å². The molecule has 474 valence electrons. The summed E-state index contributed by atoms with van der Waals surface area (Å²) >= 11 is 0. The number of amides is 1. The first-order chi connectivity index (χ1) is 39.5. The van der Waals surface area contributed by atoms with E-state index in [2.05, 4.69) is 43.5 Å². The summed E-state index contributed by atoms with van der Waals surface area (Å²) in [6.45, 7) is 4.97. The van der Waals surface area contributed by atoms with Gasteiger partial charge in [-0.25, -0.2) is 0 Å². The second-order valence-electron chi connectivity index (χ2n) is 25.3. The first-order valence-electron chi connectivity index (χ1n) is 36.6. The number of carbonyl (C=O) groups is 2. The first-order valence-corrected chi connectivity index (χ1v) is 36.6. The van der Waals surface area contributed by atoms with Gasteiger partial charge in [0.25, 0.3) is 0 Å². The smallest absolute Gasteiger partial charge is 0.305 e. The number of esters is 1. The lowest BCUT2D eigenvalue weighted by atomic mass is 10.0. The Kier molecular flexibility index (Phi) is 68.4. The Labute approximate surface area is 501 Å². The van der Waals surface area contributed by atoms with E-state index >= 15 is 0 Å². The van der Waals surface area contributed by atoms with Gasteiger partial charge >= 0.3 is 5.97 Å². The standard InChI is InChI=1S/C74H143NO5/c1-3-5-7-9-11-13-15-17-44-48-52-56-60-64-68-74(79)80-69-65-61-57-53-49-45-42-40-38-36-34-32-30-28-26-24-22-20-18-19-21-23-25-27-29-31-33-35-37-39-41-43-47-51-55-59-63-67-73(78)75-71(70-76)72(77)66-62-58-54-50-46-16-14-12-10-8-6-4-2/h15,17-18,20,71-72,76-77H,3-14,16,19,21-70H2,1-2H3,(H,75,78)/b17-15-,20-18-. The highest BCUT2D eigenvalue weighted by Crippen LogP contribution is 2.19. The second-order valence-corrected chi connectivity index (χ2v) is 25.3. The molecule has 2 atom stereocenters. The molecule has 0 aromatic heterocycles. The Morgan fingerprint density at radius 1 is 0.338 bits per heavy atom. The fourth-order valence-corrected chi connectivity index (χ4v) is 11.6. The van der Waals surface area contributed by atoms with Crippen molar-refractivity contribution in [2.24, 2.45) is 0 Å². The van der Waals surface area contributed by atoms with Crippen LogP contribution in [0.15, 0.2) is 24.3 Å². The SMILES string of the molecule is CCCCCCC/C=C\CCCCCCCC(=O)OCCCCCCCCCCCCCCCCCC/C=C\CCCCCCCCCCCCCCCCCCCC(=O)NC(CO)C(O)CCCCCCCCCCCCCC. The summed E-state index contributed by atoms with van der Waals surface area (Å²) in [5.41, 5.74) is 0. The lowest BCUT2D eigenvalue weighted by Gasteiger charge is -2.22. The number of aliphatic hydroxyl groups is 2. The van der Waals surface area contributed by atoms with Gasteiger partial charge in [0.2, 0.25) is 5.91 Å². The van der Waals surface area contributed by atoms with Crippen LogP contribution in [0.25, 0.3) is 0 Å². The van der Waals surface area contributed by atoms with Gasteiger partial charge in [0.1, 0.15) is 0 Å². The van der Waals surface area contributed by atoms with E-state index in [0.717, 1.165) is 44.9 Å². The van der Waals surface area contributed by atoms with Gasteiger partial charge in [0.05, 0.1) is 25.4 Å². The maximum absolute atomic E-state index is 12.5. The number of hydrogen-bond donors (Lipinski definition) is 3. The van der Waals surface area contributed by atoms with Gasteiger partial charge in [-0.15, -0.1) is 0 Å². The molecule has 0 aliphatic carbocycles. The maximum Gasteiger partial charge on any atom is 0.305 e.